The summed E-state index contributed by atoms with van der Waals surface area (Å²) in [6.07, 6.45) is 0. The highest BCUT2D eigenvalue weighted by Gasteiger charge is 2.10. The lowest BCUT2D eigenvalue weighted by Gasteiger charge is -2.18. The summed E-state index contributed by atoms with van der Waals surface area (Å²) in [5, 5.41) is 5.67. The minimum Gasteiger partial charge on any atom is -0.376 e. The number of hydrogen-bond donors (Lipinski definition) is 3. The predicted octanol–water partition coefficient (Wildman–Crippen LogP) is 3.80. The Balaban J connectivity index is 2.13. The van der Waals surface area contributed by atoms with Gasteiger partial charge in [0.1, 0.15) is 5.82 Å². The third-order valence-electron chi connectivity index (χ3n) is 3.26. The molecule has 4 N–H and O–H groups in total. The van der Waals surface area contributed by atoms with Crippen LogP contribution in [-0.4, -0.2) is 6.03 Å². The van der Waals surface area contributed by atoms with Crippen molar-refractivity contribution in [2.24, 2.45) is 5.73 Å². The van der Waals surface area contributed by atoms with Crippen molar-refractivity contribution in [2.45, 2.75) is 19.9 Å². The van der Waals surface area contributed by atoms with Gasteiger partial charge in [0, 0.05) is 11.7 Å². The molecule has 1 unspecified atom stereocenters. The summed E-state index contributed by atoms with van der Waals surface area (Å²) in [5.41, 5.74) is 8.02. The van der Waals surface area contributed by atoms with E-state index in [0.717, 1.165) is 11.1 Å². The second-order valence-electron chi connectivity index (χ2n) is 4.91. The number of primary amides is 1. The number of aryl methyl sites for hydroxylation is 1. The van der Waals surface area contributed by atoms with Crippen molar-refractivity contribution >= 4 is 17.4 Å². The Morgan fingerprint density at radius 2 is 1.86 bits per heavy atom. The van der Waals surface area contributed by atoms with E-state index in [1.54, 1.807) is 18.2 Å². The van der Waals surface area contributed by atoms with Crippen LogP contribution in [0.15, 0.2) is 42.5 Å². The van der Waals surface area contributed by atoms with Gasteiger partial charge in [-0.25, -0.2) is 9.18 Å². The average Bonchev–Trinajstić information content (AvgIpc) is 2.43. The van der Waals surface area contributed by atoms with Crippen molar-refractivity contribution in [1.29, 1.82) is 0 Å². The summed E-state index contributed by atoms with van der Waals surface area (Å²) < 4.78 is 13.8. The first-order valence-electron chi connectivity index (χ1n) is 6.65. The standard InChI is InChI=1S/C16H18FN3O/c1-10-4-3-5-14(17)15(10)19-11(2)12-6-8-13(9-7-12)20-16(18)21/h3-9,11,19H,1-2H3,(H3,18,20,21). The molecule has 2 aromatic rings. The van der Waals surface area contributed by atoms with E-state index in [-0.39, 0.29) is 11.9 Å². The molecule has 4 nitrogen and oxygen atoms in total. The number of urea groups is 1. The molecule has 5 heteroatoms. The maximum absolute atomic E-state index is 13.8. The summed E-state index contributed by atoms with van der Waals surface area (Å²) in [7, 11) is 0. The topological polar surface area (TPSA) is 67.2 Å². The summed E-state index contributed by atoms with van der Waals surface area (Å²) in [6, 6.07) is 11.5. The fourth-order valence-electron chi connectivity index (χ4n) is 2.11. The molecule has 1 atom stereocenters. The lowest BCUT2D eigenvalue weighted by molar-refractivity contribution is 0.259. The van der Waals surface area contributed by atoms with E-state index in [9.17, 15) is 9.18 Å². The van der Waals surface area contributed by atoms with E-state index < -0.39 is 6.03 Å². The molecule has 0 aromatic heterocycles. The van der Waals surface area contributed by atoms with Gasteiger partial charge in [0.05, 0.1) is 5.69 Å². The number of amides is 2. The fourth-order valence-corrected chi connectivity index (χ4v) is 2.11. The largest absolute Gasteiger partial charge is 0.376 e. The van der Waals surface area contributed by atoms with Crippen LogP contribution >= 0.6 is 0 Å². The quantitative estimate of drug-likeness (QED) is 0.800. The first-order valence-corrected chi connectivity index (χ1v) is 6.65. The predicted molar refractivity (Wildman–Crippen MR) is 82.8 cm³/mol. The Morgan fingerprint density at radius 1 is 1.19 bits per heavy atom. The van der Waals surface area contributed by atoms with Gasteiger partial charge in [-0.1, -0.05) is 24.3 Å². The van der Waals surface area contributed by atoms with Gasteiger partial charge < -0.3 is 16.4 Å². The highest BCUT2D eigenvalue weighted by atomic mass is 19.1. The maximum Gasteiger partial charge on any atom is 0.316 e. The second-order valence-corrected chi connectivity index (χ2v) is 4.91. The van der Waals surface area contributed by atoms with Crippen molar-refractivity contribution in [3.05, 3.63) is 59.4 Å². The Bertz CT molecular complexity index is 620. The second kappa shape index (κ2) is 6.26. The molecule has 21 heavy (non-hydrogen) atoms. The smallest absolute Gasteiger partial charge is 0.316 e. The number of nitrogens with two attached hydrogens (primary N) is 1. The average molecular weight is 287 g/mol. The van der Waals surface area contributed by atoms with Gasteiger partial charge in [0.15, 0.2) is 0 Å². The van der Waals surface area contributed by atoms with Gasteiger partial charge in [-0.05, 0) is 43.2 Å². The number of benzene rings is 2. The third-order valence-corrected chi connectivity index (χ3v) is 3.26. The first kappa shape index (κ1) is 14.8. The van der Waals surface area contributed by atoms with Gasteiger partial charge >= 0.3 is 6.03 Å². The van der Waals surface area contributed by atoms with Crippen LogP contribution in [0.1, 0.15) is 24.1 Å². The minimum absolute atomic E-state index is 0.0665. The van der Waals surface area contributed by atoms with Crippen LogP contribution in [0, 0.1) is 12.7 Å². The molecular formula is C16H18FN3O. The van der Waals surface area contributed by atoms with Gasteiger partial charge in [0.2, 0.25) is 0 Å². The van der Waals surface area contributed by atoms with Gasteiger partial charge in [0.25, 0.3) is 0 Å². The molecule has 0 aliphatic rings. The number of para-hydroxylation sites is 1. The van der Waals surface area contributed by atoms with E-state index in [1.807, 2.05) is 32.0 Å². The number of carbonyl (C=O) groups excluding carboxylic acids is 1. The summed E-state index contributed by atoms with van der Waals surface area (Å²) in [5.74, 6) is -0.270. The molecule has 0 spiro atoms. The van der Waals surface area contributed by atoms with Crippen molar-refractivity contribution in [3.63, 3.8) is 0 Å². The number of anilines is 2. The summed E-state index contributed by atoms with van der Waals surface area (Å²) >= 11 is 0. The molecule has 2 rings (SSSR count). The number of hydrogen-bond acceptors (Lipinski definition) is 2. The van der Waals surface area contributed by atoms with E-state index in [1.165, 1.54) is 6.07 Å². The SMILES string of the molecule is Cc1cccc(F)c1NC(C)c1ccc(NC(N)=O)cc1. The van der Waals surface area contributed by atoms with Gasteiger partial charge in [-0.15, -0.1) is 0 Å². The molecule has 0 heterocycles. The van der Waals surface area contributed by atoms with Crippen molar-refractivity contribution in [3.8, 4) is 0 Å². The zero-order valence-electron chi connectivity index (χ0n) is 12.0. The molecule has 0 radical (unpaired) electrons. The molecule has 2 aromatic carbocycles. The minimum atomic E-state index is -0.601. The Hall–Kier alpha value is -2.56. The zero-order chi connectivity index (χ0) is 15.4. The van der Waals surface area contributed by atoms with Crippen LogP contribution in [0.25, 0.3) is 0 Å². The monoisotopic (exact) mass is 287 g/mol. The number of halogens is 1. The molecule has 0 fully saturated rings. The van der Waals surface area contributed by atoms with Gasteiger partial charge in [-0.3, -0.25) is 0 Å². The maximum atomic E-state index is 13.8. The molecule has 0 saturated heterocycles. The molecule has 2 amide bonds. The van der Waals surface area contributed by atoms with Gasteiger partial charge in [-0.2, -0.15) is 0 Å². The van der Waals surface area contributed by atoms with Crippen LogP contribution in [0.2, 0.25) is 0 Å². The molecular weight excluding hydrogens is 269 g/mol. The highest BCUT2D eigenvalue weighted by molar-refractivity contribution is 5.87. The fraction of sp³-hybridized carbons (Fsp3) is 0.188. The molecule has 0 aliphatic carbocycles. The third kappa shape index (κ3) is 3.72. The molecule has 0 bridgehead atoms. The van der Waals surface area contributed by atoms with Crippen LogP contribution < -0.4 is 16.4 Å². The molecule has 0 aliphatic heterocycles. The summed E-state index contributed by atoms with van der Waals surface area (Å²) in [4.78, 5) is 10.8. The van der Waals surface area contributed by atoms with E-state index in [4.69, 9.17) is 5.73 Å². The van der Waals surface area contributed by atoms with Crippen LogP contribution in [0.3, 0.4) is 0 Å². The Labute approximate surface area is 123 Å². The Kier molecular flexibility index (Phi) is 4.42. The van der Waals surface area contributed by atoms with E-state index in [0.29, 0.717) is 11.4 Å². The van der Waals surface area contributed by atoms with Crippen molar-refractivity contribution in [2.75, 3.05) is 10.6 Å². The lowest BCUT2D eigenvalue weighted by atomic mass is 10.1. The van der Waals surface area contributed by atoms with Crippen LogP contribution in [-0.2, 0) is 0 Å². The molecule has 0 saturated carbocycles. The summed E-state index contributed by atoms with van der Waals surface area (Å²) in [6.45, 7) is 3.81. The normalized spacial score (nSPS) is 11.8. The van der Waals surface area contributed by atoms with E-state index in [2.05, 4.69) is 10.6 Å². The van der Waals surface area contributed by atoms with Crippen molar-refractivity contribution in [1.82, 2.24) is 0 Å². The Morgan fingerprint density at radius 3 is 2.43 bits per heavy atom. The number of rotatable bonds is 4. The lowest BCUT2D eigenvalue weighted by Crippen LogP contribution is -2.19. The number of carbonyl (C=O) groups is 1. The van der Waals surface area contributed by atoms with Crippen molar-refractivity contribution < 1.29 is 9.18 Å². The molecule has 110 valence electrons. The van der Waals surface area contributed by atoms with E-state index >= 15 is 0 Å². The highest BCUT2D eigenvalue weighted by Crippen LogP contribution is 2.25. The van der Waals surface area contributed by atoms with Crippen LogP contribution in [0.4, 0.5) is 20.6 Å². The van der Waals surface area contributed by atoms with Crippen LogP contribution in [0.5, 0.6) is 0 Å². The zero-order valence-corrected chi connectivity index (χ0v) is 12.0. The number of nitrogens with one attached hydrogen (secondary N) is 2. The first-order chi connectivity index (χ1) is 9.97.